The minimum absolute atomic E-state index is 0.316. The molecule has 1 heterocycles. The van der Waals surface area contributed by atoms with Crippen LogP contribution in [0.5, 0.6) is 0 Å². The number of para-hydroxylation sites is 1. The molecule has 1 aromatic heterocycles. The highest BCUT2D eigenvalue weighted by Gasteiger charge is 2.45. The van der Waals surface area contributed by atoms with Crippen molar-refractivity contribution >= 4 is 35.9 Å². The number of carbonyl (C=O) groups is 1. The van der Waals surface area contributed by atoms with Crippen LogP contribution < -0.4 is 4.90 Å². The van der Waals surface area contributed by atoms with Crippen molar-refractivity contribution in [1.29, 1.82) is 0 Å². The Labute approximate surface area is 185 Å². The van der Waals surface area contributed by atoms with Crippen LogP contribution in [0.25, 0.3) is 5.53 Å². The summed E-state index contributed by atoms with van der Waals surface area (Å²) in [5, 5.41) is 1.77. The van der Waals surface area contributed by atoms with Crippen molar-refractivity contribution in [2.24, 2.45) is 0 Å². The van der Waals surface area contributed by atoms with Crippen molar-refractivity contribution in [1.82, 2.24) is 0 Å². The molecule has 0 aliphatic heterocycles. The van der Waals surface area contributed by atoms with Crippen LogP contribution in [-0.2, 0) is 26.7 Å². The van der Waals surface area contributed by atoms with Gasteiger partial charge in [0.1, 0.15) is 0 Å². The molecular formula is C22H22N3O4PS. The van der Waals surface area contributed by atoms with Gasteiger partial charge in [-0.25, -0.2) is 4.57 Å². The van der Waals surface area contributed by atoms with Gasteiger partial charge in [-0.3, -0.25) is 4.79 Å². The Morgan fingerprint density at radius 3 is 2.19 bits per heavy atom. The quantitative estimate of drug-likeness (QED) is 0.137. The lowest BCUT2D eigenvalue weighted by Gasteiger charge is -2.25. The summed E-state index contributed by atoms with van der Waals surface area (Å²) in [5.41, 5.74) is 11.6. The first-order valence-electron chi connectivity index (χ1n) is 9.41. The average molecular weight is 455 g/mol. The zero-order valence-corrected chi connectivity index (χ0v) is 18.9. The van der Waals surface area contributed by atoms with Crippen LogP contribution in [-0.4, -0.2) is 30.2 Å². The molecule has 9 heteroatoms. The van der Waals surface area contributed by atoms with E-state index in [0.717, 1.165) is 31.0 Å². The summed E-state index contributed by atoms with van der Waals surface area (Å²) in [5.74, 6) is -0.688. The van der Waals surface area contributed by atoms with Crippen LogP contribution >= 0.6 is 18.9 Å². The van der Waals surface area contributed by atoms with Crippen molar-refractivity contribution in [2.45, 2.75) is 13.1 Å². The fourth-order valence-corrected chi connectivity index (χ4v) is 5.02. The van der Waals surface area contributed by atoms with E-state index in [-0.39, 0.29) is 0 Å². The van der Waals surface area contributed by atoms with Crippen molar-refractivity contribution in [2.75, 3.05) is 19.1 Å². The molecule has 3 aromatic rings. The molecule has 0 bridgehead atoms. The first-order chi connectivity index (χ1) is 15.0. The second-order valence-electron chi connectivity index (χ2n) is 6.57. The number of hydrogen-bond donors (Lipinski definition) is 0. The number of carbonyl (C=O) groups excluding carboxylic acids is 1. The second kappa shape index (κ2) is 10.4. The molecular weight excluding hydrogens is 433 g/mol. The molecule has 0 amide bonds. The van der Waals surface area contributed by atoms with Gasteiger partial charge in [0.25, 0.3) is 5.78 Å². The smallest absolute Gasteiger partial charge is 0.363 e. The Hall–Kier alpha value is -2.86. The van der Waals surface area contributed by atoms with E-state index in [4.69, 9.17) is 9.05 Å². The molecule has 0 fully saturated rings. The van der Waals surface area contributed by atoms with Gasteiger partial charge in [-0.1, -0.05) is 48.5 Å². The maximum absolute atomic E-state index is 13.1. The van der Waals surface area contributed by atoms with E-state index in [1.165, 1.54) is 11.3 Å². The van der Waals surface area contributed by atoms with Gasteiger partial charge in [-0.2, -0.15) is 4.79 Å². The molecule has 7 nitrogen and oxygen atoms in total. The van der Waals surface area contributed by atoms with Gasteiger partial charge in [-0.05, 0) is 34.7 Å². The Kier molecular flexibility index (Phi) is 7.69. The standard InChI is InChI=1S/C22H22N3O4PS/c1-28-30(27,29-2)22(24-23)20(26)21-18(13-14-31-21)16-25(19-11-7-4-8-12-19)15-17-9-5-3-6-10-17/h3-14H,15-16H2,1-2H3. The molecule has 0 atom stereocenters. The Balaban J connectivity index is 1.94. The van der Waals surface area contributed by atoms with Gasteiger partial charge in [0, 0.05) is 33.0 Å². The summed E-state index contributed by atoms with van der Waals surface area (Å²) in [6.45, 7) is 1.05. The Morgan fingerprint density at radius 1 is 1.00 bits per heavy atom. The molecule has 2 aromatic carbocycles. The fraction of sp³-hybridized carbons (Fsp3) is 0.182. The van der Waals surface area contributed by atoms with E-state index in [0.29, 0.717) is 18.0 Å². The molecule has 0 radical (unpaired) electrons. The van der Waals surface area contributed by atoms with Crippen LogP contribution in [0.4, 0.5) is 5.69 Å². The Bertz CT molecular complexity index is 1120. The summed E-state index contributed by atoms with van der Waals surface area (Å²) in [6.07, 6.45) is 0. The molecule has 31 heavy (non-hydrogen) atoms. The monoisotopic (exact) mass is 455 g/mol. The minimum Gasteiger partial charge on any atom is -0.363 e. The highest BCUT2D eigenvalue weighted by Crippen LogP contribution is 2.48. The highest BCUT2D eigenvalue weighted by molar-refractivity contribution is 7.75. The molecule has 0 N–H and O–H groups in total. The lowest BCUT2D eigenvalue weighted by Crippen LogP contribution is -2.24. The SMILES string of the molecule is COP(=O)(OC)C(=[N+]=[N-])C(=O)c1sccc1CN(Cc1ccccc1)c1ccccc1. The predicted molar refractivity (Wildman–Crippen MR) is 122 cm³/mol. The van der Waals surface area contributed by atoms with Gasteiger partial charge in [-0.15, -0.1) is 11.3 Å². The van der Waals surface area contributed by atoms with Crippen molar-refractivity contribution in [3.05, 3.63) is 93.6 Å². The summed E-state index contributed by atoms with van der Waals surface area (Å²) < 4.78 is 22.3. The molecule has 0 aliphatic rings. The highest BCUT2D eigenvalue weighted by atomic mass is 32.1. The first kappa shape index (κ1) is 22.8. The van der Waals surface area contributed by atoms with Gasteiger partial charge < -0.3 is 19.5 Å². The van der Waals surface area contributed by atoms with E-state index >= 15 is 0 Å². The lowest BCUT2D eigenvalue weighted by molar-refractivity contribution is -0.00421. The zero-order valence-electron chi connectivity index (χ0n) is 17.2. The molecule has 0 spiro atoms. The maximum atomic E-state index is 13.1. The number of ketones is 1. The summed E-state index contributed by atoms with van der Waals surface area (Å²) in [7, 11) is -1.74. The largest absolute Gasteiger partial charge is 0.449 e. The van der Waals surface area contributed by atoms with E-state index in [1.807, 2.05) is 66.7 Å². The van der Waals surface area contributed by atoms with Crippen molar-refractivity contribution in [3.63, 3.8) is 0 Å². The number of nitrogens with zero attached hydrogens (tertiary/aromatic N) is 3. The third kappa shape index (κ3) is 5.25. The van der Waals surface area contributed by atoms with Gasteiger partial charge >= 0.3 is 13.0 Å². The third-order valence-corrected chi connectivity index (χ3v) is 7.42. The second-order valence-corrected chi connectivity index (χ2v) is 9.63. The van der Waals surface area contributed by atoms with Crippen LogP contribution in [0.15, 0.2) is 72.1 Å². The van der Waals surface area contributed by atoms with E-state index < -0.39 is 18.8 Å². The number of hydrogen-bond acceptors (Lipinski definition) is 6. The van der Waals surface area contributed by atoms with Crippen LogP contribution in [0.3, 0.4) is 0 Å². The number of Topliss-reactive ketones (excluding diaryl/α,β-unsaturated/α-hetero) is 1. The van der Waals surface area contributed by atoms with Crippen molar-refractivity contribution in [3.8, 4) is 0 Å². The predicted octanol–water partition coefficient (Wildman–Crippen LogP) is 5.25. The number of benzene rings is 2. The third-order valence-electron chi connectivity index (χ3n) is 4.69. The van der Waals surface area contributed by atoms with Crippen LogP contribution in [0.1, 0.15) is 20.8 Å². The van der Waals surface area contributed by atoms with Gasteiger partial charge in [0.05, 0.1) is 4.88 Å². The topological polar surface area (TPSA) is 92.2 Å². The maximum Gasteiger partial charge on any atom is 0.449 e. The van der Waals surface area contributed by atoms with Gasteiger partial charge in [0.2, 0.25) is 0 Å². The normalized spacial score (nSPS) is 11.0. The van der Waals surface area contributed by atoms with Crippen LogP contribution in [0.2, 0.25) is 0 Å². The number of rotatable bonds is 10. The van der Waals surface area contributed by atoms with Crippen molar-refractivity contribution < 1.29 is 23.2 Å². The molecule has 160 valence electrons. The molecule has 3 rings (SSSR count). The van der Waals surface area contributed by atoms with Crippen LogP contribution in [0, 0.1) is 0 Å². The minimum atomic E-state index is -4.01. The Morgan fingerprint density at radius 2 is 1.61 bits per heavy atom. The lowest BCUT2D eigenvalue weighted by atomic mass is 10.1. The molecule has 0 saturated carbocycles. The summed E-state index contributed by atoms with van der Waals surface area (Å²) in [6, 6.07) is 21.7. The first-order valence-corrected chi connectivity index (χ1v) is 11.8. The average Bonchev–Trinajstić information content (AvgIpc) is 3.28. The molecule has 0 saturated heterocycles. The fourth-order valence-electron chi connectivity index (χ4n) is 3.12. The zero-order chi connectivity index (χ0) is 22.3. The summed E-state index contributed by atoms with van der Waals surface area (Å²) in [4.78, 5) is 18.5. The van der Waals surface area contributed by atoms with E-state index in [2.05, 4.69) is 9.69 Å². The van der Waals surface area contributed by atoms with Gasteiger partial charge in [0.15, 0.2) is 0 Å². The van der Waals surface area contributed by atoms with E-state index in [9.17, 15) is 14.9 Å². The van der Waals surface area contributed by atoms with E-state index in [1.54, 1.807) is 5.38 Å². The number of thiophene rings is 1. The molecule has 0 unspecified atom stereocenters. The molecule has 0 aliphatic carbocycles. The summed E-state index contributed by atoms with van der Waals surface area (Å²) >= 11 is 1.18. The number of anilines is 1.